The van der Waals surface area contributed by atoms with Crippen molar-refractivity contribution in [2.24, 2.45) is 5.92 Å². The van der Waals surface area contributed by atoms with Crippen molar-refractivity contribution >= 4 is 22.9 Å². The van der Waals surface area contributed by atoms with E-state index in [1.807, 2.05) is 0 Å². The molecular formula is C30H34O14. The minimum atomic E-state index is -2.90. The highest BCUT2D eigenvalue weighted by Gasteiger charge is 2.68. The van der Waals surface area contributed by atoms with E-state index in [9.17, 15) is 45.0 Å². The van der Waals surface area contributed by atoms with Crippen LogP contribution in [0, 0.1) is 5.92 Å². The van der Waals surface area contributed by atoms with Crippen molar-refractivity contribution in [1.29, 1.82) is 0 Å². The Morgan fingerprint density at radius 1 is 1.09 bits per heavy atom. The van der Waals surface area contributed by atoms with Gasteiger partial charge in [-0.2, -0.15) is 0 Å². The number of aliphatic carboxylic acids is 1. The number of carboxylic acid groups (broad SMARTS) is 1. The van der Waals surface area contributed by atoms with E-state index in [4.69, 9.17) is 23.7 Å². The number of rotatable bonds is 11. The quantitative estimate of drug-likeness (QED) is 0.115. The van der Waals surface area contributed by atoms with Crippen LogP contribution in [0.2, 0.25) is 0 Å². The highest BCUT2D eigenvalue weighted by Crippen LogP contribution is 2.43. The summed E-state index contributed by atoms with van der Waals surface area (Å²) in [7, 11) is 0. The number of aliphatic hydroxyl groups is 5. The third-order valence-corrected chi connectivity index (χ3v) is 7.54. The highest BCUT2D eigenvalue weighted by molar-refractivity contribution is 5.90. The number of carbonyl (C=O) groups is 2. The number of aromatic hydroxyl groups is 1. The second-order valence-electron chi connectivity index (χ2n) is 11.0. The lowest BCUT2D eigenvalue weighted by atomic mass is 9.68. The molecule has 2 heterocycles. The SMILES string of the molecule is CC(C)C[C@H](O)[C@@]1(O)[C@H](O)[C@@H](Oc2ccc3c(=O)c(-c4ccc(O)cc4)coc3c2)O[C@@H](COC(=O)CC(=O)O)[C@@]1(O)CO. The maximum Gasteiger partial charge on any atom is 0.317 e. The molecular weight excluding hydrogens is 584 g/mol. The molecule has 6 atom stereocenters. The molecule has 0 spiro atoms. The van der Waals surface area contributed by atoms with Crippen LogP contribution in [0.15, 0.2) is 57.9 Å². The molecule has 7 N–H and O–H groups in total. The van der Waals surface area contributed by atoms with E-state index in [2.05, 4.69) is 0 Å². The first-order chi connectivity index (χ1) is 20.7. The monoisotopic (exact) mass is 618 g/mol. The molecule has 2 aromatic carbocycles. The Hall–Kier alpha value is -4.05. The summed E-state index contributed by atoms with van der Waals surface area (Å²) in [5.41, 5.74) is -5.30. The van der Waals surface area contributed by atoms with E-state index in [0.29, 0.717) is 5.56 Å². The molecule has 14 nitrogen and oxygen atoms in total. The van der Waals surface area contributed by atoms with Gasteiger partial charge in [0.2, 0.25) is 6.29 Å². The fourth-order valence-corrected chi connectivity index (χ4v) is 5.18. The topological polar surface area (TPSA) is 234 Å². The number of ether oxygens (including phenoxy) is 3. The molecule has 1 aliphatic heterocycles. The number of fused-ring (bicyclic) bond motifs is 1. The lowest BCUT2D eigenvalue weighted by molar-refractivity contribution is -0.375. The largest absolute Gasteiger partial charge is 0.508 e. The van der Waals surface area contributed by atoms with E-state index >= 15 is 0 Å². The van der Waals surface area contributed by atoms with Crippen molar-refractivity contribution in [3.8, 4) is 22.6 Å². The number of aliphatic hydroxyl groups excluding tert-OH is 3. The van der Waals surface area contributed by atoms with Crippen molar-refractivity contribution in [2.45, 2.75) is 62.5 Å². The molecule has 14 heteroatoms. The number of esters is 1. The van der Waals surface area contributed by atoms with Gasteiger partial charge >= 0.3 is 11.9 Å². The van der Waals surface area contributed by atoms with Crippen LogP contribution in [0.3, 0.4) is 0 Å². The maximum absolute atomic E-state index is 13.1. The van der Waals surface area contributed by atoms with E-state index in [1.165, 1.54) is 36.6 Å². The number of phenols is 1. The van der Waals surface area contributed by atoms with Gasteiger partial charge in [0.25, 0.3) is 0 Å². The Kier molecular flexibility index (Phi) is 9.63. The highest BCUT2D eigenvalue weighted by atomic mass is 16.7. The minimum Gasteiger partial charge on any atom is -0.508 e. The van der Waals surface area contributed by atoms with Gasteiger partial charge in [-0.15, -0.1) is 0 Å². The minimum absolute atomic E-state index is 0.0227. The lowest BCUT2D eigenvalue weighted by Crippen LogP contribution is -2.80. The fourth-order valence-electron chi connectivity index (χ4n) is 5.18. The molecule has 4 rings (SSSR count). The first-order valence-electron chi connectivity index (χ1n) is 13.7. The third-order valence-electron chi connectivity index (χ3n) is 7.54. The fraction of sp³-hybridized carbons (Fsp3) is 0.433. The number of phenolic OH excluding ortho intramolecular Hbond substituents is 1. The third kappa shape index (κ3) is 6.26. The molecule has 0 unspecified atom stereocenters. The van der Waals surface area contributed by atoms with Crippen molar-refractivity contribution in [3.05, 3.63) is 59.0 Å². The molecule has 1 fully saturated rings. The number of hydrogen-bond donors (Lipinski definition) is 7. The van der Waals surface area contributed by atoms with Crippen LogP contribution in [0.25, 0.3) is 22.1 Å². The smallest absolute Gasteiger partial charge is 0.317 e. The lowest BCUT2D eigenvalue weighted by Gasteiger charge is -2.56. The number of carboxylic acids is 1. The average molecular weight is 619 g/mol. The molecule has 1 saturated heterocycles. The van der Waals surface area contributed by atoms with Gasteiger partial charge in [0, 0.05) is 6.07 Å². The summed E-state index contributed by atoms with van der Waals surface area (Å²) >= 11 is 0. The van der Waals surface area contributed by atoms with Crippen LogP contribution in [-0.2, 0) is 19.1 Å². The van der Waals surface area contributed by atoms with Crippen molar-refractivity contribution in [2.75, 3.05) is 13.2 Å². The summed E-state index contributed by atoms with van der Waals surface area (Å²) < 4.78 is 22.0. The predicted molar refractivity (Wildman–Crippen MR) is 151 cm³/mol. The Balaban J connectivity index is 1.68. The van der Waals surface area contributed by atoms with Gasteiger partial charge < -0.3 is 54.4 Å². The molecule has 44 heavy (non-hydrogen) atoms. The normalized spacial score (nSPS) is 26.0. The van der Waals surface area contributed by atoms with E-state index in [1.54, 1.807) is 26.0 Å². The maximum atomic E-state index is 13.1. The Morgan fingerprint density at radius 3 is 2.39 bits per heavy atom. The zero-order chi connectivity index (χ0) is 32.4. The summed E-state index contributed by atoms with van der Waals surface area (Å²) in [4.78, 5) is 35.9. The average Bonchev–Trinajstić information content (AvgIpc) is 2.96. The first kappa shape index (κ1) is 32.9. The second kappa shape index (κ2) is 12.9. The molecule has 238 valence electrons. The number of carbonyl (C=O) groups excluding carboxylic acids is 1. The second-order valence-corrected chi connectivity index (χ2v) is 11.0. The molecule has 0 bridgehead atoms. The van der Waals surface area contributed by atoms with Gasteiger partial charge in [-0.3, -0.25) is 14.4 Å². The van der Waals surface area contributed by atoms with E-state index in [0.717, 1.165) is 0 Å². The van der Waals surface area contributed by atoms with E-state index in [-0.39, 0.29) is 45.8 Å². The number of benzene rings is 2. The van der Waals surface area contributed by atoms with Crippen LogP contribution in [-0.4, -0.2) is 96.7 Å². The molecule has 1 aromatic heterocycles. The summed E-state index contributed by atoms with van der Waals surface area (Å²) in [6.45, 7) is 1.24. The number of hydrogen-bond acceptors (Lipinski definition) is 13. The van der Waals surface area contributed by atoms with Crippen LogP contribution < -0.4 is 10.2 Å². The Bertz CT molecular complexity index is 1550. The molecule has 0 saturated carbocycles. The van der Waals surface area contributed by atoms with Crippen molar-refractivity contribution in [1.82, 2.24) is 0 Å². The summed E-state index contributed by atoms with van der Waals surface area (Å²) in [5, 5.41) is 74.1. The van der Waals surface area contributed by atoms with Crippen molar-refractivity contribution in [3.63, 3.8) is 0 Å². The molecule has 0 radical (unpaired) electrons. The zero-order valence-electron chi connectivity index (χ0n) is 23.8. The van der Waals surface area contributed by atoms with Crippen molar-refractivity contribution < 1.29 is 64.0 Å². The van der Waals surface area contributed by atoms with Crippen LogP contribution >= 0.6 is 0 Å². The van der Waals surface area contributed by atoms with Crippen LogP contribution in [0.1, 0.15) is 26.7 Å². The standard InChI is InChI=1S/C30H34O14/c1-15(2)9-22(33)30(40)27(38)28(44-23(29(30,39)14-31)13-42-25(36)11-24(34)35)43-18-7-8-19-21(10-18)41-12-20(26(19)37)16-3-5-17(32)6-4-16/h3-8,10,12,15,22-23,27-28,31-33,38-40H,9,11,13-14H2,1-2H3,(H,34,35)/t22-,23-,27+,28-,29-,30+/m0/s1. The predicted octanol–water partition coefficient (Wildman–Crippen LogP) is 0.510. The van der Waals surface area contributed by atoms with Crippen LogP contribution in [0.4, 0.5) is 0 Å². The van der Waals surface area contributed by atoms with Gasteiger partial charge in [-0.05, 0) is 42.2 Å². The molecule has 3 aromatic rings. The summed E-state index contributed by atoms with van der Waals surface area (Å²) in [6, 6.07) is 9.95. The van der Waals surface area contributed by atoms with Gasteiger partial charge in [0.05, 0.1) is 23.7 Å². The van der Waals surface area contributed by atoms with E-state index < -0.39 is 67.4 Å². The summed E-state index contributed by atoms with van der Waals surface area (Å²) in [5.74, 6) is -2.98. The zero-order valence-corrected chi connectivity index (χ0v) is 23.8. The first-order valence-corrected chi connectivity index (χ1v) is 13.7. The summed E-state index contributed by atoms with van der Waals surface area (Å²) in [6.07, 6.45) is -7.68. The van der Waals surface area contributed by atoms with Gasteiger partial charge in [-0.25, -0.2) is 0 Å². The van der Waals surface area contributed by atoms with Gasteiger partial charge in [0.15, 0.2) is 22.7 Å². The Labute approximate surface area is 250 Å². The van der Waals surface area contributed by atoms with Gasteiger partial charge in [-0.1, -0.05) is 26.0 Å². The molecule has 0 aliphatic carbocycles. The molecule has 0 amide bonds. The Morgan fingerprint density at radius 2 is 1.77 bits per heavy atom. The van der Waals surface area contributed by atoms with Gasteiger partial charge in [0.1, 0.15) is 42.5 Å². The molecule has 1 aliphatic rings. The van der Waals surface area contributed by atoms with Crippen LogP contribution in [0.5, 0.6) is 11.5 Å².